The molecule has 4 aromatic rings. The lowest BCUT2D eigenvalue weighted by Crippen LogP contribution is -2.14. The highest BCUT2D eigenvalue weighted by molar-refractivity contribution is 6.05. The Morgan fingerprint density at radius 3 is 2.68 bits per heavy atom. The molecule has 0 aliphatic rings. The standard InChI is InChI=1S/C19H12N4O2/c20-12-14(19-22-15-7-2-4-9-17(15)25-19)18(24)13-6-1-3-8-16(13)23-11-5-10-21-23/h1-11,14H. The van der Waals surface area contributed by atoms with Crippen LogP contribution in [0.4, 0.5) is 0 Å². The summed E-state index contributed by atoms with van der Waals surface area (Å²) in [7, 11) is 0. The first kappa shape index (κ1) is 14.8. The first-order chi connectivity index (χ1) is 12.3. The van der Waals surface area contributed by atoms with Crippen LogP contribution in [0.15, 0.2) is 71.4 Å². The van der Waals surface area contributed by atoms with E-state index in [0.29, 0.717) is 22.4 Å². The largest absolute Gasteiger partial charge is 0.439 e. The summed E-state index contributed by atoms with van der Waals surface area (Å²) < 4.78 is 7.21. The summed E-state index contributed by atoms with van der Waals surface area (Å²) in [5, 5.41) is 13.7. The molecule has 0 fully saturated rings. The van der Waals surface area contributed by atoms with Crippen molar-refractivity contribution in [2.45, 2.75) is 5.92 Å². The van der Waals surface area contributed by atoms with E-state index in [0.717, 1.165) is 0 Å². The van der Waals surface area contributed by atoms with Gasteiger partial charge in [0.1, 0.15) is 5.52 Å². The Morgan fingerprint density at radius 1 is 1.12 bits per heavy atom. The first-order valence-electron chi connectivity index (χ1n) is 7.66. The summed E-state index contributed by atoms with van der Waals surface area (Å²) in [5.74, 6) is -1.40. The quantitative estimate of drug-likeness (QED) is 0.535. The molecular weight excluding hydrogens is 316 g/mol. The van der Waals surface area contributed by atoms with E-state index >= 15 is 0 Å². The molecule has 1 unspecified atom stereocenters. The van der Waals surface area contributed by atoms with Gasteiger partial charge in [-0.3, -0.25) is 4.79 Å². The molecule has 0 saturated heterocycles. The van der Waals surface area contributed by atoms with Crippen molar-refractivity contribution in [1.29, 1.82) is 5.26 Å². The predicted molar refractivity (Wildman–Crippen MR) is 90.3 cm³/mol. The lowest BCUT2D eigenvalue weighted by molar-refractivity contribution is 0.0970. The van der Waals surface area contributed by atoms with Gasteiger partial charge in [-0.15, -0.1) is 0 Å². The Balaban J connectivity index is 1.78. The number of aromatic nitrogens is 3. The molecule has 4 rings (SSSR count). The minimum Gasteiger partial charge on any atom is -0.439 e. The molecule has 120 valence electrons. The number of hydrogen-bond acceptors (Lipinski definition) is 5. The van der Waals surface area contributed by atoms with Crippen molar-refractivity contribution in [1.82, 2.24) is 14.8 Å². The van der Waals surface area contributed by atoms with Crippen molar-refractivity contribution in [3.63, 3.8) is 0 Å². The second-order valence-electron chi connectivity index (χ2n) is 5.41. The second kappa shape index (κ2) is 6.06. The van der Waals surface area contributed by atoms with Crippen molar-refractivity contribution in [3.8, 4) is 11.8 Å². The fraction of sp³-hybridized carbons (Fsp3) is 0.0526. The van der Waals surface area contributed by atoms with E-state index in [1.165, 1.54) is 0 Å². The van der Waals surface area contributed by atoms with Crippen molar-refractivity contribution < 1.29 is 9.21 Å². The van der Waals surface area contributed by atoms with Crippen LogP contribution in [0.1, 0.15) is 22.2 Å². The van der Waals surface area contributed by atoms with Gasteiger partial charge in [0.05, 0.1) is 11.8 Å². The highest BCUT2D eigenvalue weighted by atomic mass is 16.3. The van der Waals surface area contributed by atoms with Gasteiger partial charge in [-0.1, -0.05) is 24.3 Å². The first-order valence-corrected chi connectivity index (χ1v) is 7.66. The number of nitriles is 1. The monoisotopic (exact) mass is 328 g/mol. The summed E-state index contributed by atoms with van der Waals surface area (Å²) in [6, 6.07) is 18.0. The van der Waals surface area contributed by atoms with Crippen molar-refractivity contribution in [3.05, 3.63) is 78.4 Å². The molecule has 6 nitrogen and oxygen atoms in total. The van der Waals surface area contributed by atoms with Gasteiger partial charge in [-0.25, -0.2) is 9.67 Å². The van der Waals surface area contributed by atoms with Crippen LogP contribution in [0.25, 0.3) is 16.8 Å². The van der Waals surface area contributed by atoms with Crippen LogP contribution >= 0.6 is 0 Å². The maximum absolute atomic E-state index is 13.0. The summed E-state index contributed by atoms with van der Waals surface area (Å²) in [6.45, 7) is 0. The molecule has 0 spiro atoms. The number of ketones is 1. The topological polar surface area (TPSA) is 84.7 Å². The zero-order valence-corrected chi connectivity index (χ0v) is 13.0. The van der Waals surface area contributed by atoms with E-state index in [1.54, 1.807) is 53.5 Å². The van der Waals surface area contributed by atoms with E-state index in [2.05, 4.69) is 10.1 Å². The Bertz CT molecular complexity index is 1060. The van der Waals surface area contributed by atoms with Gasteiger partial charge in [0, 0.05) is 18.0 Å². The van der Waals surface area contributed by atoms with Crippen LogP contribution in [-0.2, 0) is 0 Å². The third-order valence-electron chi connectivity index (χ3n) is 3.87. The number of para-hydroxylation sites is 3. The molecule has 0 aliphatic heterocycles. The normalized spacial score (nSPS) is 12.0. The van der Waals surface area contributed by atoms with Gasteiger partial charge in [0.25, 0.3) is 0 Å². The van der Waals surface area contributed by atoms with Crippen LogP contribution in [0.5, 0.6) is 0 Å². The molecular formula is C19H12N4O2. The number of carbonyl (C=O) groups excluding carboxylic acids is 1. The van der Waals surface area contributed by atoms with Gasteiger partial charge in [-0.05, 0) is 30.3 Å². The number of benzene rings is 2. The maximum atomic E-state index is 13.0. The third kappa shape index (κ3) is 2.58. The molecule has 1 atom stereocenters. The summed E-state index contributed by atoms with van der Waals surface area (Å²) in [4.78, 5) is 17.3. The number of fused-ring (bicyclic) bond motifs is 1. The van der Waals surface area contributed by atoms with Gasteiger partial charge in [-0.2, -0.15) is 10.4 Å². The molecule has 25 heavy (non-hydrogen) atoms. The molecule has 2 heterocycles. The highest BCUT2D eigenvalue weighted by Crippen LogP contribution is 2.26. The number of Topliss-reactive ketones (excluding diaryl/α,β-unsaturated/α-hetero) is 1. The predicted octanol–water partition coefficient (Wildman–Crippen LogP) is 3.50. The smallest absolute Gasteiger partial charge is 0.220 e. The average Bonchev–Trinajstić information content (AvgIpc) is 3.32. The van der Waals surface area contributed by atoms with Crippen LogP contribution in [0, 0.1) is 11.3 Å². The summed E-state index contributed by atoms with van der Waals surface area (Å²) in [6.07, 6.45) is 3.37. The number of oxazole rings is 1. The Kier molecular flexibility index (Phi) is 3.60. The van der Waals surface area contributed by atoms with E-state index in [4.69, 9.17) is 4.42 Å². The molecule has 0 amide bonds. The Morgan fingerprint density at radius 2 is 1.92 bits per heavy atom. The van der Waals surface area contributed by atoms with Crippen molar-refractivity contribution in [2.75, 3.05) is 0 Å². The second-order valence-corrected chi connectivity index (χ2v) is 5.41. The van der Waals surface area contributed by atoms with E-state index < -0.39 is 5.92 Å². The van der Waals surface area contributed by atoms with Gasteiger partial charge >= 0.3 is 0 Å². The van der Waals surface area contributed by atoms with Gasteiger partial charge < -0.3 is 4.42 Å². The Labute approximate surface area is 142 Å². The zero-order valence-electron chi connectivity index (χ0n) is 13.0. The van der Waals surface area contributed by atoms with Crippen LogP contribution in [0.3, 0.4) is 0 Å². The molecule has 0 saturated carbocycles. The van der Waals surface area contributed by atoms with E-state index in [9.17, 15) is 10.1 Å². The molecule has 0 bridgehead atoms. The molecule has 0 radical (unpaired) electrons. The number of hydrogen-bond donors (Lipinski definition) is 0. The zero-order chi connectivity index (χ0) is 17.2. The molecule has 2 aromatic heterocycles. The Hall–Kier alpha value is -3.72. The lowest BCUT2D eigenvalue weighted by atomic mass is 9.97. The number of nitrogens with zero attached hydrogens (tertiary/aromatic N) is 4. The fourth-order valence-corrected chi connectivity index (χ4v) is 2.69. The minimum absolute atomic E-state index is 0.101. The SMILES string of the molecule is N#CC(C(=O)c1ccccc1-n1cccn1)c1nc2ccccc2o1. The van der Waals surface area contributed by atoms with Crippen molar-refractivity contribution >= 4 is 16.9 Å². The molecule has 0 N–H and O–H groups in total. The van der Waals surface area contributed by atoms with E-state index in [1.807, 2.05) is 24.3 Å². The molecule has 6 heteroatoms. The fourth-order valence-electron chi connectivity index (χ4n) is 2.69. The molecule has 0 aliphatic carbocycles. The average molecular weight is 328 g/mol. The maximum Gasteiger partial charge on any atom is 0.220 e. The lowest BCUT2D eigenvalue weighted by Gasteiger charge is -2.10. The van der Waals surface area contributed by atoms with Crippen LogP contribution in [0.2, 0.25) is 0 Å². The van der Waals surface area contributed by atoms with Gasteiger partial charge in [0.15, 0.2) is 17.3 Å². The third-order valence-corrected chi connectivity index (χ3v) is 3.87. The summed E-state index contributed by atoms with van der Waals surface area (Å²) >= 11 is 0. The summed E-state index contributed by atoms with van der Waals surface area (Å²) in [5.41, 5.74) is 2.16. The van der Waals surface area contributed by atoms with Crippen molar-refractivity contribution in [2.24, 2.45) is 0 Å². The minimum atomic E-state index is -1.12. The number of carbonyl (C=O) groups is 1. The number of rotatable bonds is 4. The van der Waals surface area contributed by atoms with Gasteiger partial charge in [0.2, 0.25) is 5.89 Å². The van der Waals surface area contributed by atoms with Crippen LogP contribution < -0.4 is 0 Å². The van der Waals surface area contributed by atoms with Crippen LogP contribution in [-0.4, -0.2) is 20.5 Å². The van der Waals surface area contributed by atoms with E-state index in [-0.39, 0.29) is 11.7 Å². The molecule has 2 aromatic carbocycles. The highest BCUT2D eigenvalue weighted by Gasteiger charge is 2.29.